The molecule has 0 N–H and O–H groups in total. The summed E-state index contributed by atoms with van der Waals surface area (Å²) in [4.78, 5) is 0. The molecule has 0 fully saturated rings. The van der Waals surface area contributed by atoms with Gasteiger partial charge in [-0.05, 0) is 0 Å². The van der Waals surface area contributed by atoms with Gasteiger partial charge < -0.3 is 0 Å². The van der Waals surface area contributed by atoms with Crippen LogP contribution < -0.4 is 0 Å². The molecule has 0 saturated heterocycles. The van der Waals surface area contributed by atoms with Gasteiger partial charge in [0.15, 0.2) is 0 Å². The number of hydrogen-bond donors (Lipinski definition) is 0. The van der Waals surface area contributed by atoms with Crippen molar-refractivity contribution >= 4 is 29.6 Å². The zero-order chi connectivity index (χ0) is 3.58. The van der Waals surface area contributed by atoms with E-state index in [1.54, 1.807) is 0 Å². The predicted molar refractivity (Wildman–Crippen MR) is 19.5 cm³/mol. The fraction of sp³-hybridized carbons (Fsp3) is 0. The van der Waals surface area contributed by atoms with Gasteiger partial charge >= 0.3 is 26.5 Å². The van der Waals surface area contributed by atoms with Gasteiger partial charge in [0.2, 0.25) is 0 Å². The van der Waals surface area contributed by atoms with E-state index in [0.29, 0.717) is 0 Å². The molecule has 5 heteroatoms. The summed E-state index contributed by atoms with van der Waals surface area (Å²) in [7, 11) is 0. The molecule has 0 amide bonds. The Hall–Kier alpha value is 0.698. The zero-order valence-electron chi connectivity index (χ0n) is 2.08. The van der Waals surface area contributed by atoms with Crippen molar-refractivity contribution in [1.82, 2.24) is 0 Å². The summed E-state index contributed by atoms with van der Waals surface area (Å²) >= 11 is -4.69. The van der Waals surface area contributed by atoms with Gasteiger partial charge in [0, 0.05) is 0 Å². The van der Waals surface area contributed by atoms with E-state index in [1.807, 2.05) is 0 Å². The van der Waals surface area contributed by atoms with Crippen molar-refractivity contribution in [3.63, 3.8) is 0 Å². The van der Waals surface area contributed by atoms with Crippen LogP contribution >= 0.6 is 13.5 Å². The number of rotatable bonds is 0. The minimum atomic E-state index is -4.69. The van der Waals surface area contributed by atoms with E-state index in [0.717, 1.165) is 0 Å². The molecule has 0 unspecified atom stereocenters. The zero-order valence-corrected chi connectivity index (χ0v) is 4.96. The summed E-state index contributed by atoms with van der Waals surface area (Å²) in [6.45, 7) is 0. The smallest absolute Gasteiger partial charge is 0.197 e. The topological polar surface area (TPSA) is 0 Å². The van der Waals surface area contributed by atoms with Crippen LogP contribution in [0.1, 0.15) is 0 Å². The van der Waals surface area contributed by atoms with E-state index in [-0.39, 0.29) is 13.5 Å². The first-order chi connectivity index (χ1) is 1.73. The van der Waals surface area contributed by atoms with Gasteiger partial charge in [0.25, 0.3) is 0 Å². The Morgan fingerprint density at radius 2 is 1.00 bits per heavy atom. The van der Waals surface area contributed by atoms with Crippen molar-refractivity contribution in [3.05, 3.63) is 0 Å². The average molecular weight is 166 g/mol. The van der Waals surface area contributed by atoms with Crippen LogP contribution in [-0.4, -0.2) is 16.1 Å². The van der Waals surface area contributed by atoms with Gasteiger partial charge in [-0.3, -0.25) is 0 Å². The van der Waals surface area contributed by atoms with Gasteiger partial charge in [-0.2, -0.15) is 13.5 Å². The van der Waals surface area contributed by atoms with Crippen LogP contribution in [-0.2, 0) is 0 Å². The second-order valence-corrected chi connectivity index (χ2v) is 0.996. The maximum absolute atomic E-state index is 9.81. The molecule has 0 bridgehead atoms. The van der Waals surface area contributed by atoms with Gasteiger partial charge in [0.05, 0.1) is 0 Å². The quantitative estimate of drug-likeness (QED) is 0.470. The van der Waals surface area contributed by atoms with Gasteiger partial charge in [-0.15, -0.1) is 0 Å². The molecule has 0 atom stereocenters. The second-order valence-electron chi connectivity index (χ2n) is 0.192. The molecule has 0 radical (unpaired) electrons. The Morgan fingerprint density at radius 3 is 1.00 bits per heavy atom. The Bertz CT molecular complexity index is 11.6. The fourth-order valence-corrected chi connectivity index (χ4v) is 0. The van der Waals surface area contributed by atoms with E-state index >= 15 is 0 Å². The minimum Gasteiger partial charge on any atom is -0.197 e. The van der Waals surface area contributed by atoms with Gasteiger partial charge in [0.1, 0.15) is 0 Å². The second kappa shape index (κ2) is 4.70. The maximum Gasteiger partial charge on any atom is -0.197 e. The standard InChI is InChI=1S/AsF3.H2S/c2-1(3)4;/h;1H2. The van der Waals surface area contributed by atoms with Crippen LogP contribution in [0, 0.1) is 0 Å². The van der Waals surface area contributed by atoms with Crippen LogP contribution in [0.15, 0.2) is 0 Å². The van der Waals surface area contributed by atoms with Crippen LogP contribution in [0.5, 0.6) is 0 Å². The van der Waals surface area contributed by atoms with Crippen molar-refractivity contribution in [2.24, 2.45) is 0 Å². The number of hydrogen-bond acceptors (Lipinski definition) is 0. The summed E-state index contributed by atoms with van der Waals surface area (Å²) in [5.41, 5.74) is 0. The molecule has 5 heavy (non-hydrogen) atoms. The van der Waals surface area contributed by atoms with Crippen LogP contribution in [0.2, 0.25) is 0 Å². The summed E-state index contributed by atoms with van der Waals surface area (Å²) in [5, 5.41) is 0. The van der Waals surface area contributed by atoms with Crippen LogP contribution in [0.3, 0.4) is 0 Å². The summed E-state index contributed by atoms with van der Waals surface area (Å²) in [6.07, 6.45) is 0. The van der Waals surface area contributed by atoms with Crippen molar-refractivity contribution in [1.29, 1.82) is 0 Å². The molecule has 34 valence electrons. The van der Waals surface area contributed by atoms with E-state index in [9.17, 15) is 10.4 Å². The van der Waals surface area contributed by atoms with E-state index in [1.165, 1.54) is 0 Å². The SMILES string of the molecule is F[As](F)F.S. The number of halogens is 3. The minimum absolute atomic E-state index is 0. The third-order valence-electron chi connectivity index (χ3n) is 0. The molecule has 0 spiro atoms. The molecule has 0 saturated carbocycles. The normalized spacial score (nSPS) is 7.20. The first-order valence-electron chi connectivity index (χ1n) is 0.507. The van der Waals surface area contributed by atoms with Gasteiger partial charge in [-0.25, -0.2) is 0 Å². The average Bonchev–Trinajstić information content (AvgIpc) is 0.811. The summed E-state index contributed by atoms with van der Waals surface area (Å²) in [5.74, 6) is 0. The first kappa shape index (κ1) is 9.20. The molecule has 0 rings (SSSR count). The summed E-state index contributed by atoms with van der Waals surface area (Å²) in [6, 6.07) is 0. The maximum atomic E-state index is 9.81. The molecule has 0 aliphatic carbocycles. The molecule has 0 aliphatic rings. The van der Waals surface area contributed by atoms with Crippen LogP contribution in [0.4, 0.5) is 10.4 Å². The van der Waals surface area contributed by atoms with Crippen molar-refractivity contribution < 1.29 is 10.4 Å². The summed E-state index contributed by atoms with van der Waals surface area (Å²) < 4.78 is 29.4. The Kier molecular flexibility index (Phi) is 8.64. The molecule has 0 aromatic rings. The molecular weight excluding hydrogens is 164 g/mol. The molecule has 0 aromatic carbocycles. The van der Waals surface area contributed by atoms with Gasteiger partial charge in [-0.1, -0.05) is 0 Å². The third-order valence-corrected chi connectivity index (χ3v) is 0. The molecular formula is H2AsF3S. The molecule has 0 heterocycles. The monoisotopic (exact) mass is 166 g/mol. The molecule has 0 nitrogen and oxygen atoms in total. The van der Waals surface area contributed by atoms with E-state index < -0.39 is 16.1 Å². The Labute approximate surface area is 40.6 Å². The third kappa shape index (κ3) is 70.1. The first-order valence-corrected chi connectivity index (χ1v) is 2.63. The van der Waals surface area contributed by atoms with Crippen molar-refractivity contribution in [2.45, 2.75) is 0 Å². The molecule has 0 aliphatic heterocycles. The fourth-order valence-electron chi connectivity index (χ4n) is 0. The Balaban J connectivity index is 0. The molecule has 0 aromatic heterocycles. The Morgan fingerprint density at radius 1 is 1.00 bits per heavy atom. The van der Waals surface area contributed by atoms with Crippen LogP contribution in [0.25, 0.3) is 0 Å². The largest absolute Gasteiger partial charge is 0.197 e. The van der Waals surface area contributed by atoms with Crippen molar-refractivity contribution in [3.8, 4) is 0 Å². The van der Waals surface area contributed by atoms with E-state index in [4.69, 9.17) is 0 Å². The van der Waals surface area contributed by atoms with Crippen molar-refractivity contribution in [2.75, 3.05) is 0 Å². The predicted octanol–water partition coefficient (Wildman–Crippen LogP) is 0.993. The van der Waals surface area contributed by atoms with E-state index in [2.05, 4.69) is 0 Å².